The summed E-state index contributed by atoms with van der Waals surface area (Å²) < 4.78 is 17.4. The van der Waals surface area contributed by atoms with E-state index in [1.165, 1.54) is 6.92 Å². The van der Waals surface area contributed by atoms with Crippen molar-refractivity contribution in [3.8, 4) is 0 Å². The van der Waals surface area contributed by atoms with Gasteiger partial charge in [-0.3, -0.25) is 0 Å². The molecule has 0 aliphatic carbocycles. The number of esters is 1. The van der Waals surface area contributed by atoms with Crippen LogP contribution in [0, 0.1) is 0 Å². The minimum absolute atomic E-state index is 0.184. The summed E-state index contributed by atoms with van der Waals surface area (Å²) in [6.45, 7) is 6.04. The standard InChI is InChI=1S/C12H12FNO2S.C2H4O.C2H6/c1-14-7-9-6-11(12(15)16-9)8-2-4-10(17-13)5-3-8;1-2-3;1-2/h2-6,9,14H,7H2,1H3;2H,1H3;1-2H3. The van der Waals surface area contributed by atoms with E-state index in [0.717, 1.165) is 11.8 Å². The van der Waals surface area contributed by atoms with Gasteiger partial charge in [-0.05, 0) is 37.7 Å². The molecule has 6 heteroatoms. The van der Waals surface area contributed by atoms with E-state index in [1.807, 2.05) is 13.8 Å². The minimum atomic E-state index is -0.328. The molecule has 1 aromatic carbocycles. The van der Waals surface area contributed by atoms with Gasteiger partial charge in [0, 0.05) is 11.4 Å². The fraction of sp³-hybridized carbons (Fsp3) is 0.375. The molecule has 1 atom stereocenters. The molecule has 4 nitrogen and oxygen atoms in total. The summed E-state index contributed by atoms with van der Waals surface area (Å²) >= 11 is 0.184. The van der Waals surface area contributed by atoms with Gasteiger partial charge < -0.3 is 14.8 Å². The summed E-state index contributed by atoms with van der Waals surface area (Å²) in [6, 6.07) is 6.71. The van der Waals surface area contributed by atoms with Crippen molar-refractivity contribution in [1.29, 1.82) is 0 Å². The molecule has 1 N–H and O–H groups in total. The first-order valence-corrected chi connectivity index (χ1v) is 7.74. The van der Waals surface area contributed by atoms with Crippen LogP contribution >= 0.6 is 12.1 Å². The highest BCUT2D eigenvalue weighted by Crippen LogP contribution is 2.26. The first kappa shape index (κ1) is 20.3. The molecule has 0 aromatic heterocycles. The summed E-state index contributed by atoms with van der Waals surface area (Å²) in [6.07, 6.45) is 2.31. The lowest BCUT2D eigenvalue weighted by atomic mass is 10.1. The third kappa shape index (κ3) is 6.41. The van der Waals surface area contributed by atoms with Gasteiger partial charge in [-0.2, -0.15) is 3.89 Å². The lowest BCUT2D eigenvalue weighted by Crippen LogP contribution is -2.22. The number of carbonyl (C=O) groups excluding carboxylic acids is 2. The first-order chi connectivity index (χ1) is 10.7. The molecule has 0 fully saturated rings. The monoisotopic (exact) mass is 327 g/mol. The fourth-order valence-electron chi connectivity index (χ4n) is 1.69. The van der Waals surface area contributed by atoms with Gasteiger partial charge in [-0.15, -0.1) is 0 Å². The molecule has 1 aliphatic rings. The number of hydrogen-bond donors (Lipinski definition) is 1. The van der Waals surface area contributed by atoms with Crippen molar-refractivity contribution in [2.45, 2.75) is 31.8 Å². The number of rotatable bonds is 4. The van der Waals surface area contributed by atoms with Crippen LogP contribution in [0.25, 0.3) is 5.57 Å². The number of halogens is 1. The zero-order valence-electron chi connectivity index (χ0n) is 13.3. The minimum Gasteiger partial charge on any atom is -0.453 e. The Morgan fingerprint density at radius 1 is 1.32 bits per heavy atom. The van der Waals surface area contributed by atoms with Crippen molar-refractivity contribution in [2.75, 3.05) is 13.6 Å². The highest BCUT2D eigenvalue weighted by Gasteiger charge is 2.25. The summed E-state index contributed by atoms with van der Waals surface area (Å²) in [5.41, 5.74) is 1.30. The number of carbonyl (C=O) groups is 2. The number of cyclic esters (lactones) is 1. The van der Waals surface area contributed by atoms with Crippen LogP contribution in [0.1, 0.15) is 26.3 Å². The van der Waals surface area contributed by atoms with Crippen molar-refractivity contribution in [3.05, 3.63) is 35.9 Å². The van der Waals surface area contributed by atoms with Crippen LogP contribution in [0.4, 0.5) is 3.89 Å². The molecule has 0 radical (unpaired) electrons. The maximum atomic E-state index is 12.3. The summed E-state index contributed by atoms with van der Waals surface area (Å²) in [5, 5.41) is 2.95. The largest absolute Gasteiger partial charge is 0.453 e. The number of ether oxygens (including phenoxy) is 1. The van der Waals surface area contributed by atoms with Gasteiger partial charge in [0.05, 0.1) is 17.7 Å². The average Bonchev–Trinajstić information content (AvgIpc) is 2.91. The molecular formula is C16H22FNO3S. The SMILES string of the molecule is CC.CC=O.CNCC1C=C(c2ccc(SF)cc2)C(=O)O1. The molecule has 1 aromatic rings. The van der Waals surface area contributed by atoms with Crippen molar-refractivity contribution in [1.82, 2.24) is 5.32 Å². The number of aldehydes is 1. The lowest BCUT2D eigenvalue weighted by Gasteiger charge is -2.05. The van der Waals surface area contributed by atoms with E-state index in [2.05, 4.69) is 5.32 Å². The van der Waals surface area contributed by atoms with E-state index in [0.29, 0.717) is 17.0 Å². The van der Waals surface area contributed by atoms with Gasteiger partial charge in [-0.25, -0.2) is 4.79 Å². The molecule has 2 rings (SSSR count). The molecule has 0 bridgehead atoms. The Balaban J connectivity index is 0.000000789. The molecule has 0 amide bonds. The van der Waals surface area contributed by atoms with E-state index in [1.54, 1.807) is 37.4 Å². The molecule has 0 spiro atoms. The maximum absolute atomic E-state index is 12.3. The zero-order chi connectivity index (χ0) is 17.0. The van der Waals surface area contributed by atoms with Crippen molar-refractivity contribution < 1.29 is 18.2 Å². The van der Waals surface area contributed by atoms with Crippen LogP contribution in [0.2, 0.25) is 0 Å². The topological polar surface area (TPSA) is 55.4 Å². The van der Waals surface area contributed by atoms with E-state index in [-0.39, 0.29) is 24.2 Å². The summed E-state index contributed by atoms with van der Waals surface area (Å²) in [5.74, 6) is -0.328. The number of nitrogens with one attached hydrogen (secondary N) is 1. The highest BCUT2D eigenvalue weighted by atomic mass is 32.2. The van der Waals surface area contributed by atoms with Crippen molar-refractivity contribution in [2.24, 2.45) is 0 Å². The predicted octanol–water partition coefficient (Wildman–Crippen LogP) is 3.42. The van der Waals surface area contributed by atoms with Crippen LogP contribution in [0.15, 0.2) is 35.2 Å². The molecule has 0 saturated carbocycles. The smallest absolute Gasteiger partial charge is 0.339 e. The van der Waals surface area contributed by atoms with Crippen LogP contribution in [0.5, 0.6) is 0 Å². The second-order valence-corrected chi connectivity index (χ2v) is 4.54. The van der Waals surface area contributed by atoms with Gasteiger partial charge in [0.1, 0.15) is 12.4 Å². The Labute approximate surface area is 135 Å². The Morgan fingerprint density at radius 3 is 2.32 bits per heavy atom. The average molecular weight is 327 g/mol. The third-order valence-electron chi connectivity index (χ3n) is 2.49. The molecule has 0 saturated heterocycles. The summed E-state index contributed by atoms with van der Waals surface area (Å²) in [7, 11) is 1.80. The molecule has 1 aliphatic heterocycles. The quantitative estimate of drug-likeness (QED) is 0.678. The molecule has 122 valence electrons. The van der Waals surface area contributed by atoms with Gasteiger partial charge >= 0.3 is 5.97 Å². The van der Waals surface area contributed by atoms with Crippen LogP contribution in [-0.4, -0.2) is 32.0 Å². The number of hydrogen-bond acceptors (Lipinski definition) is 5. The van der Waals surface area contributed by atoms with Gasteiger partial charge in [0.25, 0.3) is 0 Å². The molecule has 1 unspecified atom stereocenters. The molecule has 22 heavy (non-hydrogen) atoms. The Kier molecular flexibility index (Phi) is 11.0. The second-order valence-electron chi connectivity index (χ2n) is 3.92. The Bertz CT molecular complexity index is 489. The third-order valence-corrected chi connectivity index (χ3v) is 2.94. The predicted molar refractivity (Wildman–Crippen MR) is 88.3 cm³/mol. The number of benzene rings is 1. The summed E-state index contributed by atoms with van der Waals surface area (Å²) in [4.78, 5) is 20.9. The normalized spacial score (nSPS) is 15.6. The maximum Gasteiger partial charge on any atom is 0.339 e. The first-order valence-electron chi connectivity index (χ1n) is 7.02. The van der Waals surface area contributed by atoms with Gasteiger partial charge in [0.15, 0.2) is 0 Å². The van der Waals surface area contributed by atoms with Gasteiger partial charge in [0.2, 0.25) is 0 Å². The van der Waals surface area contributed by atoms with E-state index < -0.39 is 0 Å². The number of likely N-dealkylation sites (N-methyl/N-ethyl adjacent to an activating group) is 1. The Morgan fingerprint density at radius 2 is 1.86 bits per heavy atom. The van der Waals surface area contributed by atoms with Crippen LogP contribution < -0.4 is 5.32 Å². The van der Waals surface area contributed by atoms with Gasteiger partial charge in [-0.1, -0.05) is 26.0 Å². The van der Waals surface area contributed by atoms with E-state index in [9.17, 15) is 8.68 Å². The fourth-order valence-corrected chi connectivity index (χ4v) is 1.93. The molecule has 1 heterocycles. The highest BCUT2D eigenvalue weighted by molar-refractivity contribution is 7.94. The van der Waals surface area contributed by atoms with Crippen molar-refractivity contribution >= 4 is 30.0 Å². The van der Waals surface area contributed by atoms with E-state index >= 15 is 0 Å². The second kappa shape index (κ2) is 11.9. The Hall–Kier alpha value is -1.66. The van der Waals surface area contributed by atoms with Crippen LogP contribution in [0.3, 0.4) is 0 Å². The lowest BCUT2D eigenvalue weighted by molar-refractivity contribution is -0.137. The van der Waals surface area contributed by atoms with Crippen LogP contribution in [-0.2, 0) is 14.3 Å². The zero-order valence-corrected chi connectivity index (χ0v) is 14.1. The van der Waals surface area contributed by atoms with E-state index in [4.69, 9.17) is 9.53 Å². The molecular weight excluding hydrogens is 305 g/mol. The van der Waals surface area contributed by atoms with Crippen molar-refractivity contribution in [3.63, 3.8) is 0 Å².